The third-order valence-electron chi connectivity index (χ3n) is 5.92. The van der Waals surface area contributed by atoms with E-state index in [4.69, 9.17) is 21.4 Å². The summed E-state index contributed by atoms with van der Waals surface area (Å²) in [6, 6.07) is 9.45. The molecule has 4 heterocycles. The Hall–Kier alpha value is -3.52. The lowest BCUT2D eigenvalue weighted by molar-refractivity contribution is -0.138. The van der Waals surface area contributed by atoms with Crippen LogP contribution in [0.25, 0.3) is 33.8 Å². The third-order valence-corrected chi connectivity index (χ3v) is 6.12. The van der Waals surface area contributed by atoms with Gasteiger partial charge in [0.2, 0.25) is 5.88 Å². The Morgan fingerprint density at radius 1 is 1.03 bits per heavy atom. The molecule has 5 rings (SSSR count). The van der Waals surface area contributed by atoms with Gasteiger partial charge in [-0.3, -0.25) is 9.78 Å². The number of fused-ring (bicyclic) bond motifs is 1. The average molecular weight is 464 g/mol. The van der Waals surface area contributed by atoms with Crippen LogP contribution in [0.1, 0.15) is 32.1 Å². The Bertz CT molecular complexity index is 1270. The van der Waals surface area contributed by atoms with Crippen LogP contribution in [0.4, 0.5) is 0 Å². The van der Waals surface area contributed by atoms with Gasteiger partial charge in [-0.2, -0.15) is 0 Å². The fraction of sp³-hybridized carbons (Fsp3) is 0.292. The molecule has 168 valence electrons. The first-order valence-corrected chi connectivity index (χ1v) is 11.2. The number of rotatable bonds is 6. The SMILES string of the molecule is O=C(O)CC1CCC(Oc2ccc(-c3ccc(-c4nc5ncc(Cl)cc5[nH]4)cn3)cn2)CC1. The summed E-state index contributed by atoms with van der Waals surface area (Å²) in [5.74, 6) is 0.780. The second kappa shape index (κ2) is 9.15. The zero-order valence-electron chi connectivity index (χ0n) is 17.7. The van der Waals surface area contributed by atoms with E-state index in [1.807, 2.05) is 24.3 Å². The van der Waals surface area contributed by atoms with Crippen LogP contribution in [0.5, 0.6) is 5.88 Å². The lowest BCUT2D eigenvalue weighted by Gasteiger charge is -2.27. The molecule has 1 saturated carbocycles. The monoisotopic (exact) mass is 463 g/mol. The molecule has 0 amide bonds. The minimum absolute atomic E-state index is 0.0824. The van der Waals surface area contributed by atoms with Crippen molar-refractivity contribution in [1.29, 1.82) is 0 Å². The molecule has 4 aromatic rings. The van der Waals surface area contributed by atoms with Crippen molar-refractivity contribution in [2.45, 2.75) is 38.2 Å². The van der Waals surface area contributed by atoms with Crippen LogP contribution >= 0.6 is 11.6 Å². The van der Waals surface area contributed by atoms with Gasteiger partial charge >= 0.3 is 5.97 Å². The molecule has 1 fully saturated rings. The number of carboxylic acids is 1. The van der Waals surface area contributed by atoms with Crippen molar-refractivity contribution >= 4 is 28.7 Å². The van der Waals surface area contributed by atoms with Crippen molar-refractivity contribution in [1.82, 2.24) is 24.9 Å². The van der Waals surface area contributed by atoms with Crippen LogP contribution in [-0.2, 0) is 4.79 Å². The number of aromatic amines is 1. The molecule has 33 heavy (non-hydrogen) atoms. The fourth-order valence-corrected chi connectivity index (χ4v) is 4.35. The number of carboxylic acid groups (broad SMARTS) is 1. The molecule has 0 bridgehead atoms. The summed E-state index contributed by atoms with van der Waals surface area (Å²) in [5, 5.41) is 9.49. The lowest BCUT2D eigenvalue weighted by atomic mass is 9.85. The summed E-state index contributed by atoms with van der Waals surface area (Å²) in [4.78, 5) is 31.8. The summed E-state index contributed by atoms with van der Waals surface area (Å²) >= 11 is 5.99. The largest absolute Gasteiger partial charge is 0.481 e. The van der Waals surface area contributed by atoms with Gasteiger partial charge in [0.05, 0.1) is 16.2 Å². The quantitative estimate of drug-likeness (QED) is 0.406. The average Bonchev–Trinajstić information content (AvgIpc) is 3.24. The van der Waals surface area contributed by atoms with E-state index in [-0.39, 0.29) is 18.4 Å². The molecule has 1 aliphatic carbocycles. The summed E-state index contributed by atoms with van der Waals surface area (Å²) in [6.45, 7) is 0. The molecule has 0 radical (unpaired) electrons. The van der Waals surface area contributed by atoms with Crippen molar-refractivity contribution in [3.8, 4) is 28.5 Å². The van der Waals surface area contributed by atoms with Crippen molar-refractivity contribution < 1.29 is 14.6 Å². The Morgan fingerprint density at radius 2 is 1.82 bits per heavy atom. The van der Waals surface area contributed by atoms with Crippen molar-refractivity contribution in [2.24, 2.45) is 5.92 Å². The number of H-pyrrole nitrogens is 1. The molecule has 0 aromatic carbocycles. The number of halogens is 1. The topological polar surface area (TPSA) is 114 Å². The van der Waals surface area contributed by atoms with E-state index in [9.17, 15) is 4.79 Å². The van der Waals surface area contributed by atoms with Gasteiger partial charge in [-0.25, -0.2) is 15.0 Å². The van der Waals surface area contributed by atoms with E-state index < -0.39 is 5.97 Å². The molecular weight excluding hydrogens is 442 g/mol. The second-order valence-corrected chi connectivity index (χ2v) is 8.72. The van der Waals surface area contributed by atoms with E-state index >= 15 is 0 Å². The van der Waals surface area contributed by atoms with Gasteiger partial charge in [0.25, 0.3) is 0 Å². The maximum absolute atomic E-state index is 10.9. The van der Waals surface area contributed by atoms with Crippen LogP contribution in [0, 0.1) is 5.92 Å². The van der Waals surface area contributed by atoms with Gasteiger partial charge in [0.15, 0.2) is 5.65 Å². The predicted molar refractivity (Wildman–Crippen MR) is 124 cm³/mol. The van der Waals surface area contributed by atoms with Crippen LogP contribution in [0.15, 0.2) is 48.9 Å². The molecule has 0 aliphatic heterocycles. The van der Waals surface area contributed by atoms with Gasteiger partial charge in [0, 0.05) is 42.2 Å². The maximum Gasteiger partial charge on any atom is 0.303 e. The van der Waals surface area contributed by atoms with E-state index in [1.54, 1.807) is 24.7 Å². The molecule has 0 saturated heterocycles. The molecule has 1 aliphatic rings. The molecule has 8 nitrogen and oxygen atoms in total. The van der Waals surface area contributed by atoms with Crippen molar-refractivity contribution in [3.05, 3.63) is 53.9 Å². The number of nitrogens with one attached hydrogen (secondary N) is 1. The first-order chi connectivity index (χ1) is 16.0. The number of hydrogen-bond acceptors (Lipinski definition) is 6. The zero-order valence-corrected chi connectivity index (χ0v) is 18.5. The second-order valence-electron chi connectivity index (χ2n) is 8.29. The van der Waals surface area contributed by atoms with Crippen LogP contribution in [0.2, 0.25) is 5.02 Å². The molecule has 0 spiro atoms. The number of aromatic nitrogens is 5. The number of carbonyl (C=O) groups is 1. The highest BCUT2D eigenvalue weighted by molar-refractivity contribution is 6.31. The molecule has 4 aromatic heterocycles. The molecule has 0 unspecified atom stereocenters. The van der Waals surface area contributed by atoms with E-state index in [0.29, 0.717) is 22.4 Å². The number of hydrogen-bond donors (Lipinski definition) is 2. The highest BCUT2D eigenvalue weighted by Crippen LogP contribution is 2.30. The minimum Gasteiger partial charge on any atom is -0.481 e. The Balaban J connectivity index is 1.22. The molecule has 0 atom stereocenters. The zero-order chi connectivity index (χ0) is 22.8. The number of imidazole rings is 1. The molecule has 2 N–H and O–H groups in total. The first kappa shape index (κ1) is 21.3. The van der Waals surface area contributed by atoms with Gasteiger partial charge in [-0.15, -0.1) is 0 Å². The van der Waals surface area contributed by atoms with Crippen molar-refractivity contribution in [3.63, 3.8) is 0 Å². The molecular formula is C24H22ClN5O3. The van der Waals surface area contributed by atoms with Crippen LogP contribution in [-0.4, -0.2) is 42.1 Å². The van der Waals surface area contributed by atoms with Gasteiger partial charge in [-0.05, 0) is 55.9 Å². The Kier molecular flexibility index (Phi) is 5.92. The third kappa shape index (κ3) is 4.96. The van der Waals surface area contributed by atoms with Gasteiger partial charge in [0.1, 0.15) is 11.9 Å². The summed E-state index contributed by atoms with van der Waals surface area (Å²) in [7, 11) is 0. The summed E-state index contributed by atoms with van der Waals surface area (Å²) < 4.78 is 6.01. The Labute approximate surface area is 195 Å². The standard InChI is InChI=1S/C24H22ClN5O3/c25-17-10-20-24(28-13-17)30-23(29-20)16-3-7-19(26-12-16)15-4-8-21(27-11-15)33-18-5-1-14(2-6-18)9-22(31)32/h3-4,7-8,10-14,18H,1-2,5-6,9H2,(H,31,32)(H,28,29,30). The number of pyridine rings is 3. The highest BCUT2D eigenvalue weighted by atomic mass is 35.5. The first-order valence-electron chi connectivity index (χ1n) is 10.9. The smallest absolute Gasteiger partial charge is 0.303 e. The highest BCUT2D eigenvalue weighted by Gasteiger charge is 2.24. The van der Waals surface area contributed by atoms with Crippen molar-refractivity contribution in [2.75, 3.05) is 0 Å². The summed E-state index contributed by atoms with van der Waals surface area (Å²) in [6.07, 6.45) is 8.86. The normalized spacial score (nSPS) is 18.3. The number of nitrogens with zero attached hydrogens (tertiary/aromatic N) is 4. The molecule has 9 heteroatoms. The Morgan fingerprint density at radius 3 is 2.52 bits per heavy atom. The summed E-state index contributed by atoms with van der Waals surface area (Å²) in [5.41, 5.74) is 3.91. The lowest BCUT2D eigenvalue weighted by Crippen LogP contribution is -2.25. The predicted octanol–water partition coefficient (Wildman–Crippen LogP) is 5.15. The van der Waals surface area contributed by atoms with Gasteiger partial charge in [-0.1, -0.05) is 11.6 Å². The van der Waals surface area contributed by atoms with E-state index in [2.05, 4.69) is 24.9 Å². The number of ether oxygens (including phenoxy) is 1. The number of aliphatic carboxylic acids is 1. The maximum atomic E-state index is 10.9. The van der Waals surface area contributed by atoms with E-state index in [0.717, 1.165) is 48.0 Å². The van der Waals surface area contributed by atoms with E-state index in [1.165, 1.54) is 0 Å². The fourth-order valence-electron chi connectivity index (χ4n) is 4.19. The van der Waals surface area contributed by atoms with Crippen LogP contribution < -0.4 is 4.74 Å². The van der Waals surface area contributed by atoms with Crippen LogP contribution in [0.3, 0.4) is 0 Å². The van der Waals surface area contributed by atoms with Gasteiger partial charge < -0.3 is 14.8 Å². The minimum atomic E-state index is -0.724.